The van der Waals surface area contributed by atoms with Crippen molar-refractivity contribution < 1.29 is 9.53 Å². The molecule has 0 spiro atoms. The van der Waals surface area contributed by atoms with Crippen LogP contribution in [-0.4, -0.2) is 26.4 Å². The fourth-order valence-corrected chi connectivity index (χ4v) is 5.11. The van der Waals surface area contributed by atoms with Crippen molar-refractivity contribution >= 4 is 29.3 Å². The highest BCUT2D eigenvalue weighted by atomic mass is 32.2. The molecule has 0 saturated heterocycles. The van der Waals surface area contributed by atoms with Crippen LogP contribution in [0.4, 0.5) is 11.6 Å². The van der Waals surface area contributed by atoms with E-state index in [-0.39, 0.29) is 5.91 Å². The van der Waals surface area contributed by atoms with E-state index in [1.54, 1.807) is 16.4 Å². The van der Waals surface area contributed by atoms with Crippen molar-refractivity contribution in [1.82, 2.24) is 14.8 Å². The summed E-state index contributed by atoms with van der Waals surface area (Å²) in [7, 11) is 0. The van der Waals surface area contributed by atoms with Crippen LogP contribution in [0.5, 0.6) is 5.75 Å². The van der Waals surface area contributed by atoms with Crippen molar-refractivity contribution in [2.45, 2.75) is 45.5 Å². The molecule has 1 aliphatic rings. The Hall–Kier alpha value is -4.04. The van der Waals surface area contributed by atoms with Crippen LogP contribution in [0.3, 0.4) is 0 Å². The Morgan fingerprint density at radius 3 is 2.66 bits per heavy atom. The maximum absolute atomic E-state index is 13.7. The van der Waals surface area contributed by atoms with Gasteiger partial charge < -0.3 is 15.4 Å². The van der Waals surface area contributed by atoms with Gasteiger partial charge in [-0.15, -0.1) is 5.10 Å². The molecule has 0 radical (unpaired) electrons. The molecule has 3 aromatic carbocycles. The highest BCUT2D eigenvalue weighted by Crippen LogP contribution is 2.37. The second-order valence-electron chi connectivity index (χ2n) is 9.27. The normalized spacial score (nSPS) is 14.6. The summed E-state index contributed by atoms with van der Waals surface area (Å²) in [4.78, 5) is 18.4. The number of benzene rings is 3. The third kappa shape index (κ3) is 5.45. The number of nitrogens with zero attached hydrogens (tertiary/aromatic N) is 3. The molecule has 2 heterocycles. The molecule has 2 N–H and O–H groups in total. The van der Waals surface area contributed by atoms with E-state index in [9.17, 15) is 4.79 Å². The average Bonchev–Trinajstić information content (AvgIpc) is 3.29. The topological polar surface area (TPSA) is 81.1 Å². The lowest BCUT2D eigenvalue weighted by Gasteiger charge is -2.29. The second kappa shape index (κ2) is 11.1. The van der Waals surface area contributed by atoms with E-state index >= 15 is 0 Å². The fraction of sp³-hybridized carbons (Fsp3) is 0.233. The van der Waals surface area contributed by atoms with E-state index in [4.69, 9.17) is 9.84 Å². The molecule has 0 bridgehead atoms. The molecule has 1 atom stereocenters. The van der Waals surface area contributed by atoms with Gasteiger partial charge in [0, 0.05) is 11.4 Å². The number of hydrogen-bond acceptors (Lipinski definition) is 6. The number of amides is 1. The zero-order valence-corrected chi connectivity index (χ0v) is 22.8. The molecule has 8 heteroatoms. The number of fused-ring (bicyclic) bond motifs is 1. The molecule has 38 heavy (non-hydrogen) atoms. The first-order valence-corrected chi connectivity index (χ1v) is 13.6. The molecular weight excluding hydrogens is 494 g/mol. The molecule has 5 rings (SSSR count). The molecule has 4 aromatic rings. The maximum atomic E-state index is 13.7. The molecule has 1 unspecified atom stereocenters. The summed E-state index contributed by atoms with van der Waals surface area (Å²) in [5.74, 6) is 2.00. The first kappa shape index (κ1) is 25.6. The molecule has 194 valence electrons. The van der Waals surface area contributed by atoms with E-state index in [2.05, 4.69) is 41.6 Å². The van der Waals surface area contributed by atoms with Gasteiger partial charge in [0.1, 0.15) is 18.4 Å². The van der Waals surface area contributed by atoms with Crippen LogP contribution >= 0.6 is 11.8 Å². The van der Waals surface area contributed by atoms with Crippen LogP contribution in [0.15, 0.2) is 89.2 Å². The lowest BCUT2D eigenvalue weighted by Crippen LogP contribution is -2.31. The van der Waals surface area contributed by atoms with Gasteiger partial charge >= 0.3 is 0 Å². The monoisotopic (exact) mass is 525 g/mol. The lowest BCUT2D eigenvalue weighted by atomic mass is 9.94. The number of aryl methyl sites for hydroxylation is 2. The number of thioether (sulfide) groups is 1. The summed E-state index contributed by atoms with van der Waals surface area (Å²) in [6.45, 7) is 8.51. The van der Waals surface area contributed by atoms with Crippen LogP contribution in [0.1, 0.15) is 42.1 Å². The summed E-state index contributed by atoms with van der Waals surface area (Å²) >= 11 is 1.56. The predicted molar refractivity (Wildman–Crippen MR) is 153 cm³/mol. The van der Waals surface area contributed by atoms with Gasteiger partial charge in [-0.05, 0) is 73.0 Å². The summed E-state index contributed by atoms with van der Waals surface area (Å²) in [6.07, 6.45) is 0. The third-order valence-corrected chi connectivity index (χ3v) is 7.18. The molecule has 0 saturated carbocycles. The van der Waals surface area contributed by atoms with Gasteiger partial charge in [0.05, 0.1) is 5.57 Å². The maximum Gasteiger partial charge on any atom is 0.255 e. The Kier molecular flexibility index (Phi) is 7.51. The number of nitrogens with one attached hydrogen (secondary N) is 2. The summed E-state index contributed by atoms with van der Waals surface area (Å²) < 4.78 is 7.99. The SMILES string of the molecule is CCSc1nc2n(n1)C(c1cccc(OCc3ccccc3C)c1)C(C(=O)Nc1cccc(C)c1)=C(C)N2. The zero-order chi connectivity index (χ0) is 26.6. The van der Waals surface area contributed by atoms with Gasteiger partial charge in [-0.25, -0.2) is 4.68 Å². The molecule has 1 aliphatic heterocycles. The number of hydrogen-bond donors (Lipinski definition) is 2. The van der Waals surface area contributed by atoms with E-state index in [0.717, 1.165) is 39.6 Å². The highest BCUT2D eigenvalue weighted by Gasteiger charge is 2.34. The molecule has 7 nitrogen and oxygen atoms in total. The Bertz CT molecular complexity index is 1510. The van der Waals surface area contributed by atoms with Gasteiger partial charge in [-0.1, -0.05) is 67.2 Å². The number of carbonyl (C=O) groups is 1. The minimum atomic E-state index is -0.475. The standard InChI is InChI=1S/C30H31N5O2S/c1-5-38-30-33-29-31-21(4)26(28(36)32-24-14-8-10-19(2)16-24)27(35(29)34-30)22-13-9-15-25(17-22)37-18-23-12-7-6-11-20(23)3/h6-17,27H,5,18H2,1-4H3,(H,32,36)(H,31,33,34). The smallest absolute Gasteiger partial charge is 0.255 e. The van der Waals surface area contributed by atoms with Gasteiger partial charge in [0.15, 0.2) is 0 Å². The number of rotatable bonds is 8. The second-order valence-corrected chi connectivity index (χ2v) is 10.5. The Labute approximate surface area is 227 Å². The van der Waals surface area contributed by atoms with Crippen molar-refractivity contribution in [1.29, 1.82) is 0 Å². The molecule has 0 aliphatic carbocycles. The largest absolute Gasteiger partial charge is 0.489 e. The van der Waals surface area contributed by atoms with E-state index in [1.807, 2.05) is 74.5 Å². The molecular formula is C30H31N5O2S. The van der Waals surface area contributed by atoms with E-state index < -0.39 is 6.04 Å². The van der Waals surface area contributed by atoms with Crippen LogP contribution in [0, 0.1) is 13.8 Å². The minimum absolute atomic E-state index is 0.192. The van der Waals surface area contributed by atoms with Crippen molar-refractivity contribution in [3.63, 3.8) is 0 Å². The van der Waals surface area contributed by atoms with Crippen molar-refractivity contribution in [3.8, 4) is 5.75 Å². The van der Waals surface area contributed by atoms with Gasteiger partial charge in [0.2, 0.25) is 11.1 Å². The molecule has 1 amide bonds. The molecule has 1 aromatic heterocycles. The first-order valence-electron chi connectivity index (χ1n) is 12.7. The quantitative estimate of drug-likeness (QED) is 0.255. The number of carbonyl (C=O) groups excluding carboxylic acids is 1. The number of anilines is 2. The number of allylic oxidation sites excluding steroid dienone is 1. The highest BCUT2D eigenvalue weighted by molar-refractivity contribution is 7.99. The third-order valence-electron chi connectivity index (χ3n) is 6.46. The Balaban J connectivity index is 1.51. The Morgan fingerprint density at radius 1 is 1.05 bits per heavy atom. The van der Waals surface area contributed by atoms with E-state index in [0.29, 0.717) is 23.3 Å². The lowest BCUT2D eigenvalue weighted by molar-refractivity contribution is -0.113. The van der Waals surface area contributed by atoms with Gasteiger partial charge in [-0.3, -0.25) is 4.79 Å². The Morgan fingerprint density at radius 2 is 1.87 bits per heavy atom. The zero-order valence-electron chi connectivity index (χ0n) is 22.0. The van der Waals surface area contributed by atoms with Crippen LogP contribution < -0.4 is 15.4 Å². The summed E-state index contributed by atoms with van der Waals surface area (Å²) in [5.41, 5.74) is 6.34. The minimum Gasteiger partial charge on any atom is -0.489 e. The predicted octanol–water partition coefficient (Wildman–Crippen LogP) is 6.51. The van der Waals surface area contributed by atoms with Crippen LogP contribution in [-0.2, 0) is 11.4 Å². The van der Waals surface area contributed by atoms with Gasteiger partial charge in [0.25, 0.3) is 5.91 Å². The molecule has 0 fully saturated rings. The van der Waals surface area contributed by atoms with Crippen molar-refractivity contribution in [2.75, 3.05) is 16.4 Å². The van der Waals surface area contributed by atoms with Crippen molar-refractivity contribution in [2.24, 2.45) is 0 Å². The number of ether oxygens (including phenoxy) is 1. The van der Waals surface area contributed by atoms with Gasteiger partial charge in [-0.2, -0.15) is 4.98 Å². The van der Waals surface area contributed by atoms with Crippen LogP contribution in [0.25, 0.3) is 0 Å². The van der Waals surface area contributed by atoms with Crippen molar-refractivity contribution in [3.05, 3.63) is 106 Å². The average molecular weight is 526 g/mol. The fourth-order valence-electron chi connectivity index (χ4n) is 4.55. The van der Waals surface area contributed by atoms with Crippen LogP contribution in [0.2, 0.25) is 0 Å². The van der Waals surface area contributed by atoms with E-state index in [1.165, 1.54) is 5.56 Å². The summed E-state index contributed by atoms with van der Waals surface area (Å²) in [5, 5.41) is 11.8. The number of aromatic nitrogens is 3. The summed E-state index contributed by atoms with van der Waals surface area (Å²) in [6, 6.07) is 23.4. The first-order chi connectivity index (χ1) is 18.4.